The molecule has 0 spiro atoms. The number of hydrogen-bond acceptors (Lipinski definition) is 2. The molecule has 1 aromatic carbocycles. The van der Waals surface area contributed by atoms with Gasteiger partial charge < -0.3 is 10.1 Å². The van der Waals surface area contributed by atoms with Crippen LogP contribution in [0.2, 0.25) is 5.02 Å². The standard InChI is InChI=1S/C13H17BrClNO/c14-13-11(15)6-1-7-12(13)16-8-2-4-10-5-3-9-17-10/h1,6-7,10,16H,2-5,8-9H2. The van der Waals surface area contributed by atoms with Crippen LogP contribution >= 0.6 is 27.5 Å². The molecule has 1 unspecified atom stereocenters. The van der Waals surface area contributed by atoms with Crippen LogP contribution in [0.3, 0.4) is 0 Å². The molecule has 1 heterocycles. The molecule has 1 atom stereocenters. The Morgan fingerprint density at radius 1 is 1.47 bits per heavy atom. The third kappa shape index (κ3) is 3.87. The summed E-state index contributed by atoms with van der Waals surface area (Å²) in [5.74, 6) is 0. The molecule has 2 nitrogen and oxygen atoms in total. The molecule has 1 fully saturated rings. The van der Waals surface area contributed by atoms with Crippen LogP contribution in [0.25, 0.3) is 0 Å². The Balaban J connectivity index is 1.72. The van der Waals surface area contributed by atoms with Gasteiger partial charge in [-0.3, -0.25) is 0 Å². The third-order valence-electron chi connectivity index (χ3n) is 2.99. The molecule has 94 valence electrons. The van der Waals surface area contributed by atoms with E-state index in [0.29, 0.717) is 6.10 Å². The van der Waals surface area contributed by atoms with E-state index in [0.717, 1.165) is 41.2 Å². The molecule has 1 saturated heterocycles. The zero-order valence-electron chi connectivity index (χ0n) is 9.72. The van der Waals surface area contributed by atoms with Gasteiger partial charge in [-0.2, -0.15) is 0 Å². The molecule has 1 aliphatic heterocycles. The Morgan fingerprint density at radius 2 is 2.35 bits per heavy atom. The Morgan fingerprint density at radius 3 is 3.12 bits per heavy atom. The van der Waals surface area contributed by atoms with E-state index >= 15 is 0 Å². The fourth-order valence-electron chi connectivity index (χ4n) is 2.07. The van der Waals surface area contributed by atoms with E-state index in [1.807, 2.05) is 18.2 Å². The fourth-order valence-corrected chi connectivity index (χ4v) is 2.64. The number of rotatable bonds is 5. The first-order valence-electron chi connectivity index (χ1n) is 6.07. The van der Waals surface area contributed by atoms with E-state index in [9.17, 15) is 0 Å². The Labute approximate surface area is 116 Å². The summed E-state index contributed by atoms with van der Waals surface area (Å²) in [6, 6.07) is 5.86. The normalized spacial score (nSPS) is 19.5. The maximum atomic E-state index is 6.02. The van der Waals surface area contributed by atoms with Crippen molar-refractivity contribution >= 4 is 33.2 Å². The Bertz CT molecular complexity index is 366. The van der Waals surface area contributed by atoms with Crippen LogP contribution < -0.4 is 5.32 Å². The molecule has 4 heteroatoms. The third-order valence-corrected chi connectivity index (χ3v) is 4.39. The molecule has 0 bridgehead atoms. The van der Waals surface area contributed by atoms with Crippen LogP contribution in [0.5, 0.6) is 0 Å². The van der Waals surface area contributed by atoms with Gasteiger partial charge in [-0.25, -0.2) is 0 Å². The predicted octanol–water partition coefficient (Wildman–Crippen LogP) is 4.47. The quantitative estimate of drug-likeness (QED) is 0.809. The van der Waals surface area contributed by atoms with Crippen molar-refractivity contribution in [2.45, 2.75) is 31.8 Å². The number of anilines is 1. The van der Waals surface area contributed by atoms with Crippen molar-refractivity contribution in [1.82, 2.24) is 0 Å². The predicted molar refractivity (Wildman–Crippen MR) is 75.8 cm³/mol. The van der Waals surface area contributed by atoms with Gasteiger partial charge in [-0.1, -0.05) is 17.7 Å². The van der Waals surface area contributed by atoms with E-state index in [1.165, 1.54) is 12.8 Å². The van der Waals surface area contributed by atoms with Crippen molar-refractivity contribution < 1.29 is 4.74 Å². The zero-order chi connectivity index (χ0) is 12.1. The lowest BCUT2D eigenvalue weighted by Gasteiger charge is -2.11. The van der Waals surface area contributed by atoms with Crippen molar-refractivity contribution in [3.05, 3.63) is 27.7 Å². The maximum Gasteiger partial charge on any atom is 0.0593 e. The monoisotopic (exact) mass is 317 g/mol. The summed E-state index contributed by atoms with van der Waals surface area (Å²) in [6.45, 7) is 1.90. The van der Waals surface area contributed by atoms with Crippen LogP contribution in [0.15, 0.2) is 22.7 Å². The van der Waals surface area contributed by atoms with E-state index in [4.69, 9.17) is 16.3 Å². The van der Waals surface area contributed by atoms with Gasteiger partial charge in [-0.05, 0) is 53.7 Å². The van der Waals surface area contributed by atoms with Crippen molar-refractivity contribution in [1.29, 1.82) is 0 Å². The van der Waals surface area contributed by atoms with E-state index < -0.39 is 0 Å². The molecule has 17 heavy (non-hydrogen) atoms. The highest BCUT2D eigenvalue weighted by Crippen LogP contribution is 2.30. The van der Waals surface area contributed by atoms with Gasteiger partial charge in [0, 0.05) is 18.8 Å². The van der Waals surface area contributed by atoms with Gasteiger partial charge >= 0.3 is 0 Å². The summed E-state index contributed by atoms with van der Waals surface area (Å²) in [5.41, 5.74) is 1.06. The SMILES string of the molecule is Clc1cccc(NCCCC2CCCO2)c1Br. The summed E-state index contributed by atoms with van der Waals surface area (Å²) < 4.78 is 6.53. The van der Waals surface area contributed by atoms with Crippen molar-refractivity contribution in [2.75, 3.05) is 18.5 Å². The first kappa shape index (κ1) is 13.2. The molecule has 0 saturated carbocycles. The molecule has 1 aliphatic rings. The average molecular weight is 319 g/mol. The van der Waals surface area contributed by atoms with E-state index in [1.54, 1.807) is 0 Å². The summed E-state index contributed by atoms with van der Waals surface area (Å²) in [5, 5.41) is 4.14. The van der Waals surface area contributed by atoms with Crippen LogP contribution in [-0.4, -0.2) is 19.3 Å². The topological polar surface area (TPSA) is 21.3 Å². The second kappa shape index (κ2) is 6.62. The summed E-state index contributed by atoms with van der Waals surface area (Å²) >= 11 is 9.50. The average Bonchev–Trinajstić information content (AvgIpc) is 2.83. The van der Waals surface area contributed by atoms with Crippen molar-refractivity contribution in [3.8, 4) is 0 Å². The van der Waals surface area contributed by atoms with Gasteiger partial charge in [0.2, 0.25) is 0 Å². The van der Waals surface area contributed by atoms with Crippen LogP contribution in [0.1, 0.15) is 25.7 Å². The van der Waals surface area contributed by atoms with E-state index in [2.05, 4.69) is 21.2 Å². The van der Waals surface area contributed by atoms with Gasteiger partial charge in [0.15, 0.2) is 0 Å². The molecule has 2 rings (SSSR count). The summed E-state index contributed by atoms with van der Waals surface area (Å²) in [7, 11) is 0. The molecule has 1 N–H and O–H groups in total. The molecule has 0 radical (unpaired) electrons. The lowest BCUT2D eigenvalue weighted by molar-refractivity contribution is 0.103. The first-order valence-corrected chi connectivity index (χ1v) is 7.24. The number of hydrogen-bond donors (Lipinski definition) is 1. The maximum absolute atomic E-state index is 6.02. The second-order valence-electron chi connectivity index (χ2n) is 4.31. The minimum absolute atomic E-state index is 0.486. The Kier molecular flexibility index (Phi) is 5.14. The molecule has 0 aromatic heterocycles. The van der Waals surface area contributed by atoms with Gasteiger partial charge in [0.25, 0.3) is 0 Å². The molecule has 1 aromatic rings. The van der Waals surface area contributed by atoms with Gasteiger partial charge in [-0.15, -0.1) is 0 Å². The van der Waals surface area contributed by atoms with Gasteiger partial charge in [0.1, 0.15) is 0 Å². The molecule has 0 aliphatic carbocycles. The summed E-state index contributed by atoms with van der Waals surface area (Å²) in [6.07, 6.45) is 5.20. The van der Waals surface area contributed by atoms with Crippen LogP contribution in [0.4, 0.5) is 5.69 Å². The highest BCUT2D eigenvalue weighted by atomic mass is 79.9. The highest BCUT2D eigenvalue weighted by molar-refractivity contribution is 9.10. The number of halogens is 2. The van der Waals surface area contributed by atoms with Crippen LogP contribution in [0, 0.1) is 0 Å². The lowest BCUT2D eigenvalue weighted by Crippen LogP contribution is -2.09. The largest absolute Gasteiger partial charge is 0.384 e. The number of benzene rings is 1. The van der Waals surface area contributed by atoms with Gasteiger partial charge in [0.05, 0.1) is 15.6 Å². The Hall–Kier alpha value is -0.250. The molecular weight excluding hydrogens is 302 g/mol. The molecular formula is C13H17BrClNO. The van der Waals surface area contributed by atoms with Crippen molar-refractivity contribution in [3.63, 3.8) is 0 Å². The fraction of sp³-hybridized carbons (Fsp3) is 0.538. The minimum Gasteiger partial charge on any atom is -0.384 e. The van der Waals surface area contributed by atoms with Crippen LogP contribution in [-0.2, 0) is 4.74 Å². The molecule has 0 amide bonds. The first-order chi connectivity index (χ1) is 8.27. The number of ether oxygens (including phenoxy) is 1. The lowest BCUT2D eigenvalue weighted by atomic mass is 10.1. The van der Waals surface area contributed by atoms with Crippen molar-refractivity contribution in [2.24, 2.45) is 0 Å². The zero-order valence-corrected chi connectivity index (χ0v) is 12.1. The smallest absolute Gasteiger partial charge is 0.0593 e. The number of nitrogens with one attached hydrogen (secondary N) is 1. The summed E-state index contributed by atoms with van der Waals surface area (Å²) in [4.78, 5) is 0. The minimum atomic E-state index is 0.486. The highest BCUT2D eigenvalue weighted by Gasteiger charge is 2.14. The second-order valence-corrected chi connectivity index (χ2v) is 5.51. The van der Waals surface area contributed by atoms with E-state index in [-0.39, 0.29) is 0 Å².